The van der Waals surface area contributed by atoms with Gasteiger partial charge in [-0.05, 0) is 18.8 Å². The molecule has 0 saturated carbocycles. The Hall–Kier alpha value is -1.18. The van der Waals surface area contributed by atoms with E-state index in [4.69, 9.17) is 9.47 Å². The zero-order chi connectivity index (χ0) is 25.6. The van der Waals surface area contributed by atoms with Crippen LogP contribution in [-0.2, 0) is 19.1 Å². The first-order valence-electron chi connectivity index (χ1n) is 14.4. The van der Waals surface area contributed by atoms with Crippen LogP contribution in [0.2, 0.25) is 0 Å². The fraction of sp³-hybridized carbons (Fsp3) is 0.929. The molecule has 1 unspecified atom stereocenters. The van der Waals surface area contributed by atoms with Gasteiger partial charge in [-0.15, -0.1) is 0 Å². The summed E-state index contributed by atoms with van der Waals surface area (Å²) in [4.78, 5) is 25.8. The quantitative estimate of drug-likeness (QED) is 0.164. The Labute approximate surface area is 214 Å². The summed E-state index contributed by atoms with van der Waals surface area (Å²) in [7, 11) is 0. The molecule has 0 aromatic carbocycles. The summed E-state index contributed by atoms with van der Waals surface area (Å²) in [5, 5.41) is 12.8. The highest BCUT2D eigenvalue weighted by Gasteiger charge is 2.21. The highest BCUT2D eigenvalue weighted by molar-refractivity contribution is 5.75. The first-order chi connectivity index (χ1) is 17.0. The molecule has 1 aliphatic heterocycles. The van der Waals surface area contributed by atoms with Crippen LogP contribution in [0.25, 0.3) is 0 Å². The third-order valence-electron chi connectivity index (χ3n) is 6.63. The number of aliphatic hydroxyl groups is 1. The van der Waals surface area contributed by atoms with E-state index in [2.05, 4.69) is 19.2 Å². The third kappa shape index (κ3) is 19.7. The second kappa shape index (κ2) is 22.1. The first-order valence-corrected chi connectivity index (χ1v) is 14.4. The van der Waals surface area contributed by atoms with Gasteiger partial charge in [0, 0.05) is 32.6 Å². The first kappa shape index (κ1) is 31.8. The van der Waals surface area contributed by atoms with Gasteiger partial charge in [0.05, 0.1) is 19.8 Å². The number of hydrogen-bond donors (Lipinski definition) is 2. The molecule has 1 atom stereocenters. The summed E-state index contributed by atoms with van der Waals surface area (Å²) in [5.74, 6) is 0.317. The molecule has 1 heterocycles. The molecule has 206 valence electrons. The van der Waals surface area contributed by atoms with Crippen LogP contribution >= 0.6 is 0 Å². The Morgan fingerprint density at radius 1 is 0.857 bits per heavy atom. The van der Waals surface area contributed by atoms with Crippen molar-refractivity contribution in [2.24, 2.45) is 5.92 Å². The lowest BCUT2D eigenvalue weighted by Gasteiger charge is -2.27. The van der Waals surface area contributed by atoms with Gasteiger partial charge in [-0.1, -0.05) is 90.9 Å². The maximum Gasteiger partial charge on any atom is 0.336 e. The van der Waals surface area contributed by atoms with E-state index >= 15 is 0 Å². The lowest BCUT2D eigenvalue weighted by atomic mass is 10.0. The van der Waals surface area contributed by atoms with Crippen molar-refractivity contribution >= 4 is 11.9 Å². The SMILES string of the molecule is CC(C)CCCCCCCCCCCCCCC(=O)NCCCOC(=O)C(O)CN1CCOCC1. The zero-order valence-corrected chi connectivity index (χ0v) is 22.7. The van der Waals surface area contributed by atoms with Crippen LogP contribution in [0.4, 0.5) is 0 Å². The number of β-amino-alcohol motifs (C(OH)–C–C–N with tert-alkyl or cyclic N) is 1. The van der Waals surface area contributed by atoms with Crippen LogP contribution in [0, 0.1) is 5.92 Å². The summed E-state index contributed by atoms with van der Waals surface area (Å²) in [6.45, 7) is 8.27. The molecule has 0 aromatic rings. The molecule has 7 heteroatoms. The maximum atomic E-state index is 11.9. The monoisotopic (exact) mass is 498 g/mol. The summed E-state index contributed by atoms with van der Waals surface area (Å²) in [5.41, 5.74) is 0. The minimum atomic E-state index is -1.13. The molecule has 35 heavy (non-hydrogen) atoms. The number of hydrogen-bond acceptors (Lipinski definition) is 6. The predicted molar refractivity (Wildman–Crippen MR) is 141 cm³/mol. The van der Waals surface area contributed by atoms with Gasteiger partial charge in [-0.3, -0.25) is 9.69 Å². The van der Waals surface area contributed by atoms with E-state index in [1.807, 2.05) is 4.90 Å². The number of carbonyl (C=O) groups excluding carboxylic acids is 2. The molecule has 2 N–H and O–H groups in total. The molecule has 0 spiro atoms. The predicted octanol–water partition coefficient (Wildman–Crippen LogP) is 4.85. The van der Waals surface area contributed by atoms with E-state index in [9.17, 15) is 14.7 Å². The lowest BCUT2D eigenvalue weighted by molar-refractivity contribution is -0.155. The minimum Gasteiger partial charge on any atom is -0.464 e. The van der Waals surface area contributed by atoms with Crippen molar-refractivity contribution in [3.63, 3.8) is 0 Å². The maximum absolute atomic E-state index is 11.9. The van der Waals surface area contributed by atoms with Crippen molar-refractivity contribution in [2.75, 3.05) is 46.0 Å². The topological polar surface area (TPSA) is 88.1 Å². The summed E-state index contributed by atoms with van der Waals surface area (Å²) < 4.78 is 10.4. The van der Waals surface area contributed by atoms with Gasteiger partial charge in [0.2, 0.25) is 5.91 Å². The molecule has 1 fully saturated rings. The number of aliphatic hydroxyl groups excluding tert-OH is 1. The number of rotatable bonds is 22. The van der Waals surface area contributed by atoms with Crippen LogP contribution in [-0.4, -0.2) is 74.0 Å². The standard InChI is InChI=1S/C28H54N2O5/c1-25(2)16-13-11-9-7-5-3-4-6-8-10-12-14-17-27(32)29-18-15-21-35-28(33)26(31)24-30-19-22-34-23-20-30/h25-26,31H,3-24H2,1-2H3,(H,29,32). The molecule has 0 aliphatic carbocycles. The van der Waals surface area contributed by atoms with Crippen LogP contribution in [0.3, 0.4) is 0 Å². The number of nitrogens with zero attached hydrogens (tertiary/aromatic N) is 1. The smallest absolute Gasteiger partial charge is 0.336 e. The molecule has 1 saturated heterocycles. The highest BCUT2D eigenvalue weighted by atomic mass is 16.5. The van der Waals surface area contributed by atoms with E-state index in [1.165, 1.54) is 70.6 Å². The summed E-state index contributed by atoms with van der Waals surface area (Å²) in [6.07, 6.45) is 16.9. The molecule has 0 aromatic heterocycles. The molecule has 0 bridgehead atoms. The normalized spacial score (nSPS) is 15.3. The van der Waals surface area contributed by atoms with E-state index < -0.39 is 12.1 Å². The Morgan fingerprint density at radius 2 is 1.40 bits per heavy atom. The van der Waals surface area contributed by atoms with Crippen LogP contribution in [0.5, 0.6) is 0 Å². The number of nitrogens with one attached hydrogen (secondary N) is 1. The fourth-order valence-electron chi connectivity index (χ4n) is 4.37. The average Bonchev–Trinajstić information content (AvgIpc) is 2.84. The van der Waals surface area contributed by atoms with Crippen LogP contribution in [0.15, 0.2) is 0 Å². The Morgan fingerprint density at radius 3 is 1.97 bits per heavy atom. The van der Waals surface area contributed by atoms with Gasteiger partial charge >= 0.3 is 5.97 Å². The van der Waals surface area contributed by atoms with Crippen molar-refractivity contribution in [3.05, 3.63) is 0 Å². The number of amides is 1. The van der Waals surface area contributed by atoms with E-state index in [0.29, 0.717) is 32.6 Å². The van der Waals surface area contributed by atoms with E-state index in [-0.39, 0.29) is 19.1 Å². The number of morpholine rings is 1. The van der Waals surface area contributed by atoms with Gasteiger partial charge < -0.3 is 19.9 Å². The van der Waals surface area contributed by atoms with Crippen molar-refractivity contribution < 1.29 is 24.2 Å². The van der Waals surface area contributed by atoms with Crippen molar-refractivity contribution in [1.82, 2.24) is 10.2 Å². The highest BCUT2D eigenvalue weighted by Crippen LogP contribution is 2.14. The Bertz CT molecular complexity index is 523. The van der Waals surface area contributed by atoms with Gasteiger partial charge in [-0.25, -0.2) is 4.79 Å². The van der Waals surface area contributed by atoms with Gasteiger partial charge in [-0.2, -0.15) is 0 Å². The van der Waals surface area contributed by atoms with Crippen LogP contribution in [0.1, 0.15) is 110 Å². The molecule has 1 rings (SSSR count). The van der Waals surface area contributed by atoms with Gasteiger partial charge in [0.1, 0.15) is 0 Å². The Balaban J connectivity index is 1.81. The molecular weight excluding hydrogens is 444 g/mol. The molecule has 0 radical (unpaired) electrons. The van der Waals surface area contributed by atoms with Gasteiger partial charge in [0.15, 0.2) is 6.10 Å². The third-order valence-corrected chi connectivity index (χ3v) is 6.63. The molecule has 1 amide bonds. The van der Waals surface area contributed by atoms with Crippen molar-refractivity contribution in [2.45, 2.75) is 116 Å². The number of esters is 1. The molecule has 7 nitrogen and oxygen atoms in total. The average molecular weight is 499 g/mol. The second-order valence-corrected chi connectivity index (χ2v) is 10.5. The largest absolute Gasteiger partial charge is 0.464 e. The van der Waals surface area contributed by atoms with E-state index in [0.717, 1.165) is 31.8 Å². The number of unbranched alkanes of at least 4 members (excludes halogenated alkanes) is 11. The summed E-state index contributed by atoms with van der Waals surface area (Å²) in [6, 6.07) is 0. The van der Waals surface area contributed by atoms with Crippen LogP contribution < -0.4 is 5.32 Å². The molecule has 1 aliphatic rings. The molecular formula is C28H54N2O5. The number of ether oxygens (including phenoxy) is 2. The lowest BCUT2D eigenvalue weighted by Crippen LogP contribution is -2.43. The Kier molecular flexibility index (Phi) is 20.1. The van der Waals surface area contributed by atoms with Crippen molar-refractivity contribution in [1.29, 1.82) is 0 Å². The number of carbonyl (C=O) groups is 2. The zero-order valence-electron chi connectivity index (χ0n) is 22.7. The minimum absolute atomic E-state index is 0.0667. The fourth-order valence-corrected chi connectivity index (χ4v) is 4.37. The summed E-state index contributed by atoms with van der Waals surface area (Å²) >= 11 is 0. The van der Waals surface area contributed by atoms with Gasteiger partial charge in [0.25, 0.3) is 0 Å². The second-order valence-electron chi connectivity index (χ2n) is 10.5. The van der Waals surface area contributed by atoms with Crippen molar-refractivity contribution in [3.8, 4) is 0 Å². The van der Waals surface area contributed by atoms with E-state index in [1.54, 1.807) is 0 Å².